The number of hydrogen-bond acceptors (Lipinski definition) is 6. The minimum absolute atomic E-state index is 0.344. The quantitative estimate of drug-likeness (QED) is 0.666. The molecule has 0 spiro atoms. The predicted molar refractivity (Wildman–Crippen MR) is 122 cm³/mol. The highest BCUT2D eigenvalue weighted by atomic mass is 16.5. The third-order valence-corrected chi connectivity index (χ3v) is 6.60. The van der Waals surface area contributed by atoms with Gasteiger partial charge >= 0.3 is 0 Å². The Balaban J connectivity index is 1.46. The average molecular weight is 427 g/mol. The number of benzene rings is 2. The Kier molecular flexibility index (Phi) is 6.88. The molecule has 31 heavy (non-hydrogen) atoms. The van der Waals surface area contributed by atoms with Gasteiger partial charge in [0.25, 0.3) is 0 Å². The Bertz CT molecular complexity index is 841. The predicted octanol–water partition coefficient (Wildman–Crippen LogP) is 3.97. The van der Waals surface area contributed by atoms with Crippen molar-refractivity contribution in [1.82, 2.24) is 10.6 Å². The van der Waals surface area contributed by atoms with E-state index in [1.54, 1.807) is 28.4 Å². The maximum atomic E-state index is 5.55. The Hall–Kier alpha value is -2.44. The number of rotatable bonds is 8. The van der Waals surface area contributed by atoms with Crippen LogP contribution in [0.1, 0.15) is 53.6 Å². The maximum Gasteiger partial charge on any atom is 0.161 e. The summed E-state index contributed by atoms with van der Waals surface area (Å²) >= 11 is 0. The van der Waals surface area contributed by atoms with Gasteiger partial charge in [-0.1, -0.05) is 0 Å². The van der Waals surface area contributed by atoms with Crippen LogP contribution in [0.4, 0.5) is 0 Å². The van der Waals surface area contributed by atoms with Crippen LogP contribution < -0.4 is 29.6 Å². The molecular weight excluding hydrogens is 392 g/mol. The average Bonchev–Trinajstić information content (AvgIpc) is 2.82. The monoisotopic (exact) mass is 426 g/mol. The van der Waals surface area contributed by atoms with Gasteiger partial charge in [0.05, 0.1) is 28.4 Å². The van der Waals surface area contributed by atoms with Crippen molar-refractivity contribution in [2.75, 3.05) is 41.5 Å². The lowest BCUT2D eigenvalue weighted by Gasteiger charge is -2.30. The smallest absolute Gasteiger partial charge is 0.161 e. The van der Waals surface area contributed by atoms with Gasteiger partial charge in [-0.25, -0.2) is 0 Å². The normalized spacial score (nSPS) is 19.9. The van der Waals surface area contributed by atoms with Crippen molar-refractivity contribution in [3.63, 3.8) is 0 Å². The van der Waals surface area contributed by atoms with E-state index in [0.717, 1.165) is 68.2 Å². The zero-order chi connectivity index (χ0) is 21.8. The number of hydrogen-bond donors (Lipinski definition) is 2. The van der Waals surface area contributed by atoms with Crippen LogP contribution in [0.25, 0.3) is 0 Å². The number of methoxy groups -OCH3 is 4. The van der Waals surface area contributed by atoms with Crippen LogP contribution in [-0.2, 0) is 12.8 Å². The van der Waals surface area contributed by atoms with E-state index in [1.165, 1.54) is 22.3 Å². The highest BCUT2D eigenvalue weighted by Gasteiger charge is 2.25. The molecule has 2 unspecified atom stereocenters. The highest BCUT2D eigenvalue weighted by molar-refractivity contribution is 5.50. The van der Waals surface area contributed by atoms with Crippen molar-refractivity contribution in [2.45, 2.75) is 44.2 Å². The van der Waals surface area contributed by atoms with Crippen LogP contribution in [-0.4, -0.2) is 41.5 Å². The number of ether oxygens (including phenoxy) is 4. The molecule has 2 N–H and O–H groups in total. The Morgan fingerprint density at radius 2 is 1.03 bits per heavy atom. The summed E-state index contributed by atoms with van der Waals surface area (Å²) in [6.07, 6.45) is 5.33. The molecule has 2 atom stereocenters. The minimum Gasteiger partial charge on any atom is -0.493 e. The maximum absolute atomic E-state index is 5.55. The van der Waals surface area contributed by atoms with Crippen LogP contribution in [0.15, 0.2) is 24.3 Å². The summed E-state index contributed by atoms with van der Waals surface area (Å²) < 4.78 is 22.1. The van der Waals surface area contributed by atoms with Gasteiger partial charge in [-0.3, -0.25) is 0 Å². The molecule has 2 heterocycles. The second-order valence-corrected chi connectivity index (χ2v) is 8.26. The van der Waals surface area contributed by atoms with Gasteiger partial charge in [0.15, 0.2) is 23.0 Å². The molecular formula is C25H34N2O4. The zero-order valence-electron chi connectivity index (χ0n) is 19.0. The zero-order valence-corrected chi connectivity index (χ0v) is 19.0. The summed E-state index contributed by atoms with van der Waals surface area (Å²) in [7, 11) is 6.79. The Morgan fingerprint density at radius 1 is 0.645 bits per heavy atom. The van der Waals surface area contributed by atoms with Crippen molar-refractivity contribution in [3.05, 3.63) is 46.5 Å². The molecule has 0 saturated carbocycles. The standard InChI is InChI=1S/C25H34N2O4/c1-28-22-12-16-8-10-26-20(18(16)14-24(22)30-3)6-5-7-21-19-15-25(31-4)23(29-2)13-17(19)9-11-27-21/h12-15,20-21,26-27H,5-11H2,1-4H3. The van der Waals surface area contributed by atoms with Gasteiger partial charge in [0.1, 0.15) is 0 Å². The van der Waals surface area contributed by atoms with E-state index in [9.17, 15) is 0 Å². The Morgan fingerprint density at radius 3 is 1.42 bits per heavy atom. The summed E-state index contributed by atoms with van der Waals surface area (Å²) in [5.74, 6) is 3.24. The molecule has 2 aliphatic rings. The van der Waals surface area contributed by atoms with Crippen molar-refractivity contribution >= 4 is 0 Å². The molecule has 6 nitrogen and oxygen atoms in total. The molecule has 0 aromatic heterocycles. The van der Waals surface area contributed by atoms with Crippen LogP contribution in [0, 0.1) is 0 Å². The summed E-state index contributed by atoms with van der Waals surface area (Å²) in [5.41, 5.74) is 5.40. The molecule has 6 heteroatoms. The lowest BCUT2D eigenvalue weighted by molar-refractivity contribution is 0.349. The molecule has 0 aliphatic carbocycles. The van der Waals surface area contributed by atoms with Crippen molar-refractivity contribution < 1.29 is 18.9 Å². The van der Waals surface area contributed by atoms with Crippen LogP contribution in [0.2, 0.25) is 0 Å². The van der Waals surface area contributed by atoms with Crippen molar-refractivity contribution in [2.24, 2.45) is 0 Å². The van der Waals surface area contributed by atoms with Crippen molar-refractivity contribution in [1.29, 1.82) is 0 Å². The molecule has 0 radical (unpaired) electrons. The third-order valence-electron chi connectivity index (χ3n) is 6.60. The molecule has 0 saturated heterocycles. The fraction of sp³-hybridized carbons (Fsp3) is 0.520. The summed E-state index contributed by atoms with van der Waals surface area (Å²) in [6.45, 7) is 1.99. The molecule has 0 fully saturated rings. The van der Waals surface area contributed by atoms with E-state index in [-0.39, 0.29) is 0 Å². The van der Waals surface area contributed by atoms with Gasteiger partial charge in [0.2, 0.25) is 0 Å². The number of nitrogens with one attached hydrogen (secondary N) is 2. The molecule has 2 aromatic carbocycles. The molecule has 168 valence electrons. The van der Waals surface area contributed by atoms with E-state index in [2.05, 4.69) is 34.9 Å². The first kappa shape index (κ1) is 21.8. The summed E-state index contributed by atoms with van der Waals surface area (Å²) in [6, 6.07) is 9.27. The van der Waals surface area contributed by atoms with E-state index >= 15 is 0 Å². The second kappa shape index (κ2) is 9.79. The Labute approximate surface area is 185 Å². The van der Waals surface area contributed by atoms with Gasteiger partial charge in [-0.05, 0) is 91.7 Å². The van der Waals surface area contributed by atoms with E-state index in [1.807, 2.05) is 0 Å². The first-order chi connectivity index (χ1) is 15.2. The number of fused-ring (bicyclic) bond motifs is 2. The summed E-state index contributed by atoms with van der Waals surface area (Å²) in [4.78, 5) is 0. The van der Waals surface area contributed by atoms with Crippen molar-refractivity contribution in [3.8, 4) is 23.0 Å². The van der Waals surface area contributed by atoms with Crippen LogP contribution in [0.5, 0.6) is 23.0 Å². The molecule has 4 rings (SSSR count). The van der Waals surface area contributed by atoms with E-state index < -0.39 is 0 Å². The van der Waals surface area contributed by atoms with Crippen LogP contribution in [0.3, 0.4) is 0 Å². The lowest BCUT2D eigenvalue weighted by Crippen LogP contribution is -2.31. The molecule has 0 bridgehead atoms. The van der Waals surface area contributed by atoms with Gasteiger partial charge < -0.3 is 29.6 Å². The first-order valence-electron chi connectivity index (χ1n) is 11.1. The van der Waals surface area contributed by atoms with Gasteiger partial charge in [-0.2, -0.15) is 0 Å². The fourth-order valence-electron chi connectivity index (χ4n) is 4.98. The van der Waals surface area contributed by atoms with E-state index in [4.69, 9.17) is 18.9 Å². The third kappa shape index (κ3) is 4.46. The largest absolute Gasteiger partial charge is 0.493 e. The van der Waals surface area contributed by atoms with Crippen LogP contribution >= 0.6 is 0 Å². The highest BCUT2D eigenvalue weighted by Crippen LogP contribution is 2.39. The second-order valence-electron chi connectivity index (χ2n) is 8.26. The van der Waals surface area contributed by atoms with E-state index in [0.29, 0.717) is 12.1 Å². The van der Waals surface area contributed by atoms with Gasteiger partial charge in [0, 0.05) is 12.1 Å². The SMILES string of the molecule is COc1cc2c(cc1OC)C(CCCC1NCCc3cc(OC)c(OC)cc31)NCC2. The fourth-order valence-corrected chi connectivity index (χ4v) is 4.98. The molecule has 2 aromatic rings. The topological polar surface area (TPSA) is 61.0 Å². The first-order valence-corrected chi connectivity index (χ1v) is 11.1. The minimum atomic E-state index is 0.344. The molecule has 0 amide bonds. The van der Waals surface area contributed by atoms with Gasteiger partial charge in [-0.15, -0.1) is 0 Å². The summed E-state index contributed by atoms with van der Waals surface area (Å²) in [5, 5.41) is 7.40. The molecule has 2 aliphatic heterocycles. The lowest BCUT2D eigenvalue weighted by atomic mass is 9.87.